The Labute approximate surface area is 193 Å². The second kappa shape index (κ2) is 10.1. The smallest absolute Gasteiger partial charge is 0.417 e. The molecule has 3 rings (SSSR count). The molecule has 0 aliphatic rings. The van der Waals surface area contributed by atoms with Gasteiger partial charge in [0.15, 0.2) is 0 Å². The van der Waals surface area contributed by atoms with Crippen LogP contribution in [0.4, 0.5) is 17.6 Å². The van der Waals surface area contributed by atoms with E-state index in [1.54, 1.807) is 25.1 Å². The number of nitrogens with one attached hydrogen (secondary N) is 1. The number of hydrogen-bond acceptors (Lipinski definition) is 5. The maximum Gasteiger partial charge on any atom is 0.417 e. The van der Waals surface area contributed by atoms with Crippen molar-refractivity contribution in [3.8, 4) is 22.8 Å². The van der Waals surface area contributed by atoms with Gasteiger partial charge in [-0.1, -0.05) is 0 Å². The Morgan fingerprint density at radius 1 is 1.06 bits per heavy atom. The maximum absolute atomic E-state index is 13.5. The summed E-state index contributed by atoms with van der Waals surface area (Å²) in [5, 5.41) is 2.76. The minimum atomic E-state index is -4.82. The standard InChI is InChI=1S/C24H23F4N3O3/c1-13(15-8-17(33-2)11-18(9-15)34-3)30-23(32)22-7-14(12-29)6-21(31-22)19-5-4-16(25)10-20(19)24(26,27)28/h4-11,13H,12,29H2,1-3H3,(H,30,32). The van der Waals surface area contributed by atoms with Crippen LogP contribution in [-0.4, -0.2) is 25.1 Å². The SMILES string of the molecule is COc1cc(OC)cc(C(C)NC(=O)c2cc(CN)cc(-c3ccc(F)cc3C(F)(F)F)n2)c1. The summed E-state index contributed by atoms with van der Waals surface area (Å²) in [4.78, 5) is 17.1. The molecule has 2 aromatic carbocycles. The zero-order chi connectivity index (χ0) is 25.0. The molecule has 180 valence electrons. The first-order valence-electron chi connectivity index (χ1n) is 10.2. The van der Waals surface area contributed by atoms with E-state index in [9.17, 15) is 22.4 Å². The number of carbonyl (C=O) groups excluding carboxylic acids is 1. The first-order valence-corrected chi connectivity index (χ1v) is 10.2. The van der Waals surface area contributed by atoms with E-state index in [1.165, 1.54) is 26.4 Å². The number of alkyl halides is 3. The number of ether oxygens (including phenoxy) is 2. The van der Waals surface area contributed by atoms with E-state index < -0.39 is 29.5 Å². The number of benzene rings is 2. The molecule has 1 atom stereocenters. The van der Waals surface area contributed by atoms with E-state index in [4.69, 9.17) is 15.2 Å². The molecule has 0 spiro atoms. The fourth-order valence-electron chi connectivity index (χ4n) is 3.37. The third-order valence-corrected chi connectivity index (χ3v) is 5.14. The predicted molar refractivity (Wildman–Crippen MR) is 118 cm³/mol. The molecule has 3 N–H and O–H groups in total. The highest BCUT2D eigenvalue weighted by Crippen LogP contribution is 2.37. The highest BCUT2D eigenvalue weighted by molar-refractivity contribution is 5.93. The molecule has 0 saturated carbocycles. The maximum atomic E-state index is 13.5. The van der Waals surface area contributed by atoms with Gasteiger partial charge >= 0.3 is 6.18 Å². The molecule has 3 aromatic rings. The minimum Gasteiger partial charge on any atom is -0.497 e. The zero-order valence-electron chi connectivity index (χ0n) is 18.7. The highest BCUT2D eigenvalue weighted by atomic mass is 19.4. The monoisotopic (exact) mass is 477 g/mol. The number of amides is 1. The Hall–Kier alpha value is -3.66. The zero-order valence-corrected chi connectivity index (χ0v) is 18.7. The number of methoxy groups -OCH3 is 2. The van der Waals surface area contributed by atoms with E-state index >= 15 is 0 Å². The molecule has 0 saturated heterocycles. The van der Waals surface area contributed by atoms with Gasteiger partial charge in [-0.2, -0.15) is 13.2 Å². The minimum absolute atomic E-state index is 0.0407. The average molecular weight is 477 g/mol. The van der Waals surface area contributed by atoms with Crippen molar-refractivity contribution in [2.24, 2.45) is 5.73 Å². The van der Waals surface area contributed by atoms with Crippen LogP contribution in [0.25, 0.3) is 11.3 Å². The van der Waals surface area contributed by atoms with Gasteiger partial charge in [0.25, 0.3) is 5.91 Å². The first-order chi connectivity index (χ1) is 16.0. The molecule has 0 radical (unpaired) electrons. The van der Waals surface area contributed by atoms with Gasteiger partial charge in [0.2, 0.25) is 0 Å². The lowest BCUT2D eigenvalue weighted by Gasteiger charge is -2.17. The van der Waals surface area contributed by atoms with E-state index in [-0.39, 0.29) is 23.5 Å². The van der Waals surface area contributed by atoms with Crippen LogP contribution in [0.15, 0.2) is 48.5 Å². The second-order valence-corrected chi connectivity index (χ2v) is 7.48. The molecule has 1 heterocycles. The topological polar surface area (TPSA) is 86.5 Å². The third kappa shape index (κ3) is 5.63. The average Bonchev–Trinajstić information content (AvgIpc) is 2.82. The Kier molecular flexibility index (Phi) is 7.41. The predicted octanol–water partition coefficient (Wildman–Crippen LogP) is 4.87. The molecule has 34 heavy (non-hydrogen) atoms. The van der Waals surface area contributed by atoms with Crippen molar-refractivity contribution in [3.63, 3.8) is 0 Å². The van der Waals surface area contributed by atoms with Crippen molar-refractivity contribution in [1.82, 2.24) is 10.3 Å². The fourth-order valence-corrected chi connectivity index (χ4v) is 3.37. The van der Waals surface area contributed by atoms with Gasteiger partial charge < -0.3 is 20.5 Å². The molecular formula is C24H23F4N3O3. The van der Waals surface area contributed by atoms with Gasteiger partial charge in [-0.25, -0.2) is 9.37 Å². The molecule has 1 amide bonds. The van der Waals surface area contributed by atoms with E-state index in [0.29, 0.717) is 28.7 Å². The summed E-state index contributed by atoms with van der Waals surface area (Å²) in [6, 6.07) is 9.62. The number of pyridine rings is 1. The van der Waals surface area contributed by atoms with Crippen LogP contribution in [0.5, 0.6) is 11.5 Å². The molecule has 1 unspecified atom stereocenters. The van der Waals surface area contributed by atoms with Crippen LogP contribution in [0.3, 0.4) is 0 Å². The number of hydrogen-bond donors (Lipinski definition) is 2. The third-order valence-electron chi connectivity index (χ3n) is 5.14. The van der Waals surface area contributed by atoms with Crippen molar-refractivity contribution in [2.45, 2.75) is 25.7 Å². The normalized spacial score (nSPS) is 12.2. The van der Waals surface area contributed by atoms with Crippen LogP contribution in [-0.2, 0) is 12.7 Å². The van der Waals surface area contributed by atoms with Crippen LogP contribution in [0.2, 0.25) is 0 Å². The Morgan fingerprint density at radius 3 is 2.26 bits per heavy atom. The number of nitrogens with zero attached hydrogens (tertiary/aromatic N) is 1. The molecule has 0 aliphatic carbocycles. The number of halogens is 4. The van der Waals surface area contributed by atoms with Gasteiger partial charge in [0.1, 0.15) is 23.0 Å². The molecule has 0 bridgehead atoms. The summed E-state index contributed by atoms with van der Waals surface area (Å²) in [6.45, 7) is 1.68. The van der Waals surface area contributed by atoms with Gasteiger partial charge in [-0.15, -0.1) is 0 Å². The van der Waals surface area contributed by atoms with Crippen molar-refractivity contribution < 1.29 is 31.8 Å². The number of carbonyl (C=O) groups is 1. The van der Waals surface area contributed by atoms with Crippen molar-refractivity contribution in [2.75, 3.05) is 14.2 Å². The Bertz CT molecular complexity index is 1180. The van der Waals surface area contributed by atoms with Crippen molar-refractivity contribution >= 4 is 5.91 Å². The fraction of sp³-hybridized carbons (Fsp3) is 0.250. The van der Waals surface area contributed by atoms with Crippen LogP contribution < -0.4 is 20.5 Å². The first kappa shape index (κ1) is 25.0. The van der Waals surface area contributed by atoms with Gasteiger partial charge in [-0.05, 0) is 60.5 Å². The quantitative estimate of drug-likeness (QED) is 0.474. The van der Waals surface area contributed by atoms with Crippen molar-refractivity contribution in [1.29, 1.82) is 0 Å². The molecular weight excluding hydrogens is 454 g/mol. The summed E-state index contributed by atoms with van der Waals surface area (Å²) >= 11 is 0. The van der Waals surface area contributed by atoms with E-state index in [0.717, 1.165) is 12.1 Å². The lowest BCUT2D eigenvalue weighted by atomic mass is 10.0. The highest BCUT2D eigenvalue weighted by Gasteiger charge is 2.34. The van der Waals surface area contributed by atoms with Gasteiger partial charge in [-0.3, -0.25) is 4.79 Å². The molecule has 1 aromatic heterocycles. The Morgan fingerprint density at radius 2 is 1.71 bits per heavy atom. The summed E-state index contributed by atoms with van der Waals surface area (Å²) in [5.74, 6) is -0.609. The summed E-state index contributed by atoms with van der Waals surface area (Å²) in [7, 11) is 2.99. The molecule has 6 nitrogen and oxygen atoms in total. The summed E-state index contributed by atoms with van der Waals surface area (Å²) in [6.07, 6.45) is -4.82. The largest absolute Gasteiger partial charge is 0.497 e. The van der Waals surface area contributed by atoms with Gasteiger partial charge in [0.05, 0.1) is 31.5 Å². The van der Waals surface area contributed by atoms with Crippen LogP contribution >= 0.6 is 0 Å². The molecule has 0 aliphatic heterocycles. The van der Waals surface area contributed by atoms with Crippen molar-refractivity contribution in [3.05, 3.63) is 76.7 Å². The van der Waals surface area contributed by atoms with Crippen LogP contribution in [0.1, 0.15) is 40.1 Å². The number of rotatable bonds is 7. The van der Waals surface area contributed by atoms with Gasteiger partial charge in [0, 0.05) is 18.2 Å². The Balaban J connectivity index is 1.98. The second-order valence-electron chi connectivity index (χ2n) is 7.48. The molecule has 10 heteroatoms. The summed E-state index contributed by atoms with van der Waals surface area (Å²) in [5.41, 5.74) is 4.95. The molecule has 0 fully saturated rings. The lowest BCUT2D eigenvalue weighted by molar-refractivity contribution is -0.137. The number of aromatic nitrogens is 1. The van der Waals surface area contributed by atoms with E-state index in [2.05, 4.69) is 10.3 Å². The van der Waals surface area contributed by atoms with E-state index in [1.807, 2.05) is 0 Å². The lowest BCUT2D eigenvalue weighted by Crippen LogP contribution is -2.28. The summed E-state index contributed by atoms with van der Waals surface area (Å²) < 4.78 is 64.6. The van der Waals surface area contributed by atoms with Crippen LogP contribution in [0, 0.1) is 5.82 Å². The number of nitrogens with two attached hydrogens (primary N) is 1.